The first kappa shape index (κ1) is 25.2. The molecule has 0 fully saturated rings. The van der Waals surface area contributed by atoms with Gasteiger partial charge in [0.1, 0.15) is 0 Å². The number of aromatic nitrogens is 2. The summed E-state index contributed by atoms with van der Waals surface area (Å²) < 4.78 is 2.44. The van der Waals surface area contributed by atoms with E-state index < -0.39 is 0 Å². The van der Waals surface area contributed by atoms with Crippen molar-refractivity contribution in [3.8, 4) is 27.9 Å². The molecule has 46 heavy (non-hydrogen) atoms. The molecule has 0 unspecified atom stereocenters. The summed E-state index contributed by atoms with van der Waals surface area (Å²) in [4.78, 5) is 3.57. The van der Waals surface area contributed by atoms with Crippen LogP contribution in [0.1, 0.15) is 0 Å². The molecule has 214 valence electrons. The Labute approximate surface area is 265 Å². The van der Waals surface area contributed by atoms with Crippen LogP contribution in [0.4, 0.5) is 0 Å². The van der Waals surface area contributed by atoms with Gasteiger partial charge in [-0.25, -0.2) is 0 Å². The quantitative estimate of drug-likeness (QED) is 0.213. The van der Waals surface area contributed by atoms with E-state index in [0.717, 1.165) is 5.69 Å². The molecular formula is C44H28N2. The van der Waals surface area contributed by atoms with Gasteiger partial charge in [0.05, 0.1) is 11.0 Å². The van der Waals surface area contributed by atoms with Gasteiger partial charge in [-0.15, -0.1) is 0 Å². The third-order valence-electron chi connectivity index (χ3n) is 9.68. The van der Waals surface area contributed by atoms with Crippen LogP contribution in [-0.2, 0) is 0 Å². The van der Waals surface area contributed by atoms with Crippen molar-refractivity contribution >= 4 is 65.2 Å². The second kappa shape index (κ2) is 9.69. The van der Waals surface area contributed by atoms with E-state index in [1.807, 2.05) is 0 Å². The minimum absolute atomic E-state index is 1.16. The summed E-state index contributed by atoms with van der Waals surface area (Å²) in [6.07, 6.45) is 0. The van der Waals surface area contributed by atoms with Gasteiger partial charge < -0.3 is 9.55 Å². The maximum atomic E-state index is 3.57. The van der Waals surface area contributed by atoms with Crippen molar-refractivity contribution in [2.45, 2.75) is 0 Å². The van der Waals surface area contributed by atoms with E-state index in [-0.39, 0.29) is 0 Å². The highest BCUT2D eigenvalue weighted by Crippen LogP contribution is 2.40. The Morgan fingerprint density at radius 1 is 0.348 bits per heavy atom. The lowest BCUT2D eigenvalue weighted by Crippen LogP contribution is -1.94. The van der Waals surface area contributed by atoms with E-state index in [4.69, 9.17) is 0 Å². The number of para-hydroxylation sites is 1. The molecule has 0 aliphatic heterocycles. The van der Waals surface area contributed by atoms with Crippen molar-refractivity contribution in [1.29, 1.82) is 0 Å². The number of nitrogens with one attached hydrogen (secondary N) is 1. The van der Waals surface area contributed by atoms with E-state index in [0.29, 0.717) is 0 Å². The largest absolute Gasteiger partial charge is 0.355 e. The molecule has 10 aromatic rings. The molecule has 0 saturated heterocycles. The van der Waals surface area contributed by atoms with Crippen molar-refractivity contribution in [3.63, 3.8) is 0 Å². The van der Waals surface area contributed by atoms with E-state index in [1.54, 1.807) is 0 Å². The fourth-order valence-electron chi connectivity index (χ4n) is 7.47. The molecule has 0 spiro atoms. The summed E-state index contributed by atoms with van der Waals surface area (Å²) in [7, 11) is 0. The molecule has 0 aliphatic rings. The average molecular weight is 585 g/mol. The molecule has 1 N–H and O–H groups in total. The highest BCUT2D eigenvalue weighted by atomic mass is 15.0. The Morgan fingerprint density at radius 2 is 0.978 bits per heavy atom. The Morgan fingerprint density at radius 3 is 1.89 bits per heavy atom. The van der Waals surface area contributed by atoms with Gasteiger partial charge in [0.25, 0.3) is 0 Å². The molecule has 0 aliphatic carbocycles. The standard InChI is InChI=1S/C44H28N2/c1-2-10-30-24-32(17-16-28(30)8-1)31-11-7-12-35(25-31)46-42-22-20-34(27-39(42)44-36-13-4-3-9-29(36)19-23-43(44)46)33-18-21-41-38(26-33)37-14-5-6-15-40(37)45-41/h1-27,45H. The Kier molecular flexibility index (Phi) is 5.31. The average Bonchev–Trinajstić information content (AvgIpc) is 3.66. The summed E-state index contributed by atoms with van der Waals surface area (Å²) in [6, 6.07) is 59.9. The van der Waals surface area contributed by atoms with E-state index >= 15 is 0 Å². The second-order valence-corrected chi connectivity index (χ2v) is 12.3. The third-order valence-corrected chi connectivity index (χ3v) is 9.68. The number of fused-ring (bicyclic) bond motifs is 9. The van der Waals surface area contributed by atoms with Gasteiger partial charge in [0.15, 0.2) is 0 Å². The number of aromatic amines is 1. The van der Waals surface area contributed by atoms with Crippen LogP contribution in [0.2, 0.25) is 0 Å². The topological polar surface area (TPSA) is 20.7 Å². The minimum Gasteiger partial charge on any atom is -0.355 e. The van der Waals surface area contributed by atoms with Gasteiger partial charge >= 0.3 is 0 Å². The lowest BCUT2D eigenvalue weighted by molar-refractivity contribution is 1.18. The van der Waals surface area contributed by atoms with Crippen LogP contribution in [0, 0.1) is 0 Å². The third kappa shape index (κ3) is 3.77. The Balaban J connectivity index is 1.21. The molecule has 10 rings (SSSR count). The van der Waals surface area contributed by atoms with E-state index in [2.05, 4.69) is 173 Å². The van der Waals surface area contributed by atoms with E-state index in [9.17, 15) is 0 Å². The first-order valence-corrected chi connectivity index (χ1v) is 15.8. The predicted octanol–water partition coefficient (Wildman–Crippen LogP) is 12.1. The molecular weight excluding hydrogens is 556 g/mol. The Hall–Kier alpha value is -6.12. The van der Waals surface area contributed by atoms with Crippen LogP contribution in [0.5, 0.6) is 0 Å². The fraction of sp³-hybridized carbons (Fsp3) is 0. The van der Waals surface area contributed by atoms with Crippen LogP contribution >= 0.6 is 0 Å². The maximum absolute atomic E-state index is 3.57. The summed E-state index contributed by atoms with van der Waals surface area (Å²) >= 11 is 0. The first-order valence-electron chi connectivity index (χ1n) is 15.8. The van der Waals surface area contributed by atoms with Gasteiger partial charge in [-0.1, -0.05) is 109 Å². The number of rotatable bonds is 3. The first-order chi connectivity index (χ1) is 22.8. The summed E-state index contributed by atoms with van der Waals surface area (Å²) in [5.74, 6) is 0. The van der Waals surface area contributed by atoms with Crippen LogP contribution < -0.4 is 0 Å². The van der Waals surface area contributed by atoms with Crippen molar-refractivity contribution < 1.29 is 0 Å². The number of H-pyrrole nitrogens is 1. The van der Waals surface area contributed by atoms with Gasteiger partial charge in [-0.2, -0.15) is 0 Å². The monoisotopic (exact) mass is 584 g/mol. The lowest BCUT2D eigenvalue weighted by Gasteiger charge is -2.11. The molecule has 0 radical (unpaired) electrons. The summed E-state index contributed by atoms with van der Waals surface area (Å²) in [5.41, 5.74) is 10.8. The van der Waals surface area contributed by atoms with Crippen LogP contribution in [0.15, 0.2) is 164 Å². The van der Waals surface area contributed by atoms with Crippen LogP contribution in [-0.4, -0.2) is 9.55 Å². The Bertz CT molecular complexity index is 2810. The number of benzene rings is 8. The highest BCUT2D eigenvalue weighted by Gasteiger charge is 2.17. The molecule has 2 heterocycles. The predicted molar refractivity (Wildman–Crippen MR) is 196 cm³/mol. The molecule has 0 amide bonds. The summed E-state index contributed by atoms with van der Waals surface area (Å²) in [6.45, 7) is 0. The SMILES string of the molecule is c1cc(-c2ccc3ccccc3c2)cc(-n2c3ccc(-c4ccc5[nH]c6ccccc6c5c4)cc3c3c4ccccc4ccc32)c1. The maximum Gasteiger partial charge on any atom is 0.0547 e. The molecule has 0 bridgehead atoms. The van der Waals surface area contributed by atoms with Crippen molar-refractivity contribution in [3.05, 3.63) is 164 Å². The summed E-state index contributed by atoms with van der Waals surface area (Å²) in [5, 5.41) is 10.1. The lowest BCUT2D eigenvalue weighted by atomic mass is 9.99. The van der Waals surface area contributed by atoms with Crippen molar-refractivity contribution in [2.75, 3.05) is 0 Å². The van der Waals surface area contributed by atoms with E-state index in [1.165, 1.54) is 87.4 Å². The normalized spacial score (nSPS) is 11.9. The smallest absolute Gasteiger partial charge is 0.0547 e. The second-order valence-electron chi connectivity index (χ2n) is 12.3. The molecule has 2 aromatic heterocycles. The zero-order valence-corrected chi connectivity index (χ0v) is 25.0. The molecule has 0 atom stereocenters. The van der Waals surface area contributed by atoms with Crippen molar-refractivity contribution in [2.24, 2.45) is 0 Å². The fourth-order valence-corrected chi connectivity index (χ4v) is 7.47. The number of nitrogens with zero attached hydrogens (tertiary/aromatic N) is 1. The zero-order chi connectivity index (χ0) is 30.2. The molecule has 8 aromatic carbocycles. The van der Waals surface area contributed by atoms with Crippen molar-refractivity contribution in [1.82, 2.24) is 9.55 Å². The molecule has 0 saturated carbocycles. The van der Waals surface area contributed by atoms with Gasteiger partial charge in [-0.3, -0.25) is 0 Å². The van der Waals surface area contributed by atoms with Crippen LogP contribution in [0.3, 0.4) is 0 Å². The number of hydrogen-bond acceptors (Lipinski definition) is 0. The van der Waals surface area contributed by atoms with Crippen LogP contribution in [0.25, 0.3) is 93.1 Å². The molecule has 2 nitrogen and oxygen atoms in total. The number of hydrogen-bond donors (Lipinski definition) is 1. The van der Waals surface area contributed by atoms with Gasteiger partial charge in [0.2, 0.25) is 0 Å². The highest BCUT2D eigenvalue weighted by molar-refractivity contribution is 6.22. The molecule has 2 heteroatoms. The zero-order valence-electron chi connectivity index (χ0n) is 25.0. The van der Waals surface area contributed by atoms with Gasteiger partial charge in [0, 0.05) is 38.3 Å². The van der Waals surface area contributed by atoms with Gasteiger partial charge in [-0.05, 0) is 98.4 Å². The minimum atomic E-state index is 1.16.